The molecular formula is C21H14O7. The second kappa shape index (κ2) is 7.24. The molecule has 0 aliphatic rings. The van der Waals surface area contributed by atoms with E-state index in [1.54, 1.807) is 18.2 Å². The number of aromatic carboxylic acids is 2. The van der Waals surface area contributed by atoms with E-state index in [2.05, 4.69) is 0 Å². The van der Waals surface area contributed by atoms with Gasteiger partial charge in [-0.1, -0.05) is 24.3 Å². The molecule has 4 N–H and O–H groups in total. The molecule has 0 aliphatic heterocycles. The van der Waals surface area contributed by atoms with Gasteiger partial charge in [0.15, 0.2) is 6.29 Å². The third kappa shape index (κ3) is 3.41. The number of hydrogen-bond donors (Lipinski definition) is 4. The van der Waals surface area contributed by atoms with Gasteiger partial charge in [-0.3, -0.25) is 4.79 Å². The highest BCUT2D eigenvalue weighted by molar-refractivity contribution is 5.95. The number of carbonyl (C=O) groups excluding carboxylic acids is 1. The number of aromatic hydroxyl groups is 2. The minimum absolute atomic E-state index is 0.232. The zero-order valence-corrected chi connectivity index (χ0v) is 14.3. The maximum absolute atomic E-state index is 11.6. The Bertz CT molecular complexity index is 1120. The average molecular weight is 378 g/mol. The molecule has 7 heteroatoms. The van der Waals surface area contributed by atoms with Crippen LogP contribution in [0.25, 0.3) is 22.3 Å². The fourth-order valence-electron chi connectivity index (χ4n) is 2.87. The lowest BCUT2D eigenvalue weighted by atomic mass is 9.94. The monoisotopic (exact) mass is 378 g/mol. The van der Waals surface area contributed by atoms with Crippen molar-refractivity contribution < 1.29 is 34.8 Å². The van der Waals surface area contributed by atoms with Gasteiger partial charge in [-0.15, -0.1) is 0 Å². The molecule has 0 spiro atoms. The fourth-order valence-corrected chi connectivity index (χ4v) is 2.87. The van der Waals surface area contributed by atoms with Crippen molar-refractivity contribution >= 4 is 18.2 Å². The summed E-state index contributed by atoms with van der Waals surface area (Å²) in [5.41, 5.74) is 1.83. The molecule has 7 nitrogen and oxygen atoms in total. The minimum Gasteiger partial charge on any atom is -0.507 e. The molecule has 0 unspecified atom stereocenters. The van der Waals surface area contributed by atoms with E-state index in [9.17, 15) is 24.6 Å². The van der Waals surface area contributed by atoms with Crippen LogP contribution in [0.3, 0.4) is 0 Å². The second-order valence-electron chi connectivity index (χ2n) is 5.99. The molecular weight excluding hydrogens is 364 g/mol. The van der Waals surface area contributed by atoms with Crippen LogP contribution < -0.4 is 0 Å². The van der Waals surface area contributed by atoms with Crippen LogP contribution in [0.5, 0.6) is 11.5 Å². The van der Waals surface area contributed by atoms with Crippen molar-refractivity contribution in [1.82, 2.24) is 0 Å². The Morgan fingerprint density at radius 2 is 1.14 bits per heavy atom. The summed E-state index contributed by atoms with van der Waals surface area (Å²) in [6.45, 7) is 0. The molecule has 0 saturated heterocycles. The van der Waals surface area contributed by atoms with E-state index in [1.807, 2.05) is 0 Å². The van der Waals surface area contributed by atoms with Crippen LogP contribution in [0.2, 0.25) is 0 Å². The Kier molecular flexibility index (Phi) is 4.82. The van der Waals surface area contributed by atoms with Crippen molar-refractivity contribution in [2.75, 3.05) is 0 Å². The zero-order valence-electron chi connectivity index (χ0n) is 14.3. The maximum atomic E-state index is 11.6. The zero-order chi connectivity index (χ0) is 20.4. The van der Waals surface area contributed by atoms with Crippen LogP contribution in [0.1, 0.15) is 31.1 Å². The van der Waals surface area contributed by atoms with E-state index in [0.717, 1.165) is 0 Å². The average Bonchev–Trinajstić information content (AvgIpc) is 2.66. The standard InChI is InChI=1S/C21H14O7/c22-10-14-7-11(12-2-5-16(20(25)26)18(23)8-12)1-4-15(14)13-3-6-17(21(27)28)19(24)9-13/h1-10,23-24H,(H,25,26)(H,27,28). The molecule has 0 bridgehead atoms. The third-order valence-electron chi connectivity index (χ3n) is 4.28. The van der Waals surface area contributed by atoms with Gasteiger partial charge in [-0.05, 0) is 52.6 Å². The van der Waals surface area contributed by atoms with Gasteiger partial charge in [-0.2, -0.15) is 0 Å². The summed E-state index contributed by atoms with van der Waals surface area (Å²) in [6.07, 6.45) is 0.618. The van der Waals surface area contributed by atoms with Crippen molar-refractivity contribution in [1.29, 1.82) is 0 Å². The largest absolute Gasteiger partial charge is 0.507 e. The van der Waals surface area contributed by atoms with Crippen LogP contribution >= 0.6 is 0 Å². The van der Waals surface area contributed by atoms with E-state index in [1.165, 1.54) is 36.4 Å². The van der Waals surface area contributed by atoms with Gasteiger partial charge in [0, 0.05) is 5.56 Å². The van der Waals surface area contributed by atoms with Gasteiger partial charge in [0.25, 0.3) is 0 Å². The Balaban J connectivity index is 2.05. The van der Waals surface area contributed by atoms with Crippen molar-refractivity contribution in [3.8, 4) is 33.8 Å². The summed E-state index contributed by atoms with van der Waals surface area (Å²) < 4.78 is 0. The Labute approximate surface area is 158 Å². The topological polar surface area (TPSA) is 132 Å². The third-order valence-corrected chi connectivity index (χ3v) is 4.28. The fraction of sp³-hybridized carbons (Fsp3) is 0. The first-order chi connectivity index (χ1) is 13.3. The Morgan fingerprint density at radius 1 is 0.679 bits per heavy atom. The van der Waals surface area contributed by atoms with E-state index in [-0.39, 0.29) is 16.7 Å². The first kappa shape index (κ1) is 18.7. The molecule has 0 amide bonds. The van der Waals surface area contributed by atoms with Gasteiger partial charge in [0.05, 0.1) is 0 Å². The molecule has 0 atom stereocenters. The summed E-state index contributed by atoms with van der Waals surface area (Å²) >= 11 is 0. The molecule has 0 aliphatic carbocycles. The van der Waals surface area contributed by atoms with Crippen molar-refractivity contribution in [2.45, 2.75) is 0 Å². The van der Waals surface area contributed by atoms with E-state index in [0.29, 0.717) is 28.5 Å². The first-order valence-corrected chi connectivity index (χ1v) is 8.04. The molecule has 0 heterocycles. The summed E-state index contributed by atoms with van der Waals surface area (Å²) in [4.78, 5) is 33.6. The lowest BCUT2D eigenvalue weighted by molar-refractivity contribution is 0.0682. The van der Waals surface area contributed by atoms with Crippen LogP contribution in [-0.2, 0) is 0 Å². The number of carboxylic acids is 2. The van der Waals surface area contributed by atoms with Crippen molar-refractivity contribution in [3.05, 3.63) is 71.3 Å². The van der Waals surface area contributed by atoms with Crippen LogP contribution in [0, 0.1) is 0 Å². The quantitative estimate of drug-likeness (QED) is 0.498. The molecule has 3 rings (SSSR count). The highest BCUT2D eigenvalue weighted by Crippen LogP contribution is 2.33. The number of rotatable bonds is 5. The molecule has 3 aromatic rings. The SMILES string of the molecule is O=Cc1cc(-c2ccc(C(=O)O)c(O)c2)ccc1-c1ccc(C(=O)O)c(O)c1. The van der Waals surface area contributed by atoms with E-state index >= 15 is 0 Å². The smallest absolute Gasteiger partial charge is 0.339 e. The van der Waals surface area contributed by atoms with Gasteiger partial charge in [0.1, 0.15) is 22.6 Å². The number of benzene rings is 3. The van der Waals surface area contributed by atoms with E-state index in [4.69, 9.17) is 10.2 Å². The lowest BCUT2D eigenvalue weighted by Crippen LogP contribution is -1.97. The first-order valence-electron chi connectivity index (χ1n) is 8.04. The van der Waals surface area contributed by atoms with Crippen molar-refractivity contribution in [3.63, 3.8) is 0 Å². The van der Waals surface area contributed by atoms with Crippen LogP contribution in [-0.4, -0.2) is 38.7 Å². The number of aldehydes is 1. The van der Waals surface area contributed by atoms with Crippen molar-refractivity contribution in [2.24, 2.45) is 0 Å². The molecule has 0 aromatic heterocycles. The number of phenols is 2. The summed E-state index contributed by atoms with van der Waals surface area (Å²) in [5.74, 6) is -3.33. The predicted octanol–water partition coefficient (Wildman–Crippen LogP) is 3.64. The summed E-state index contributed by atoms with van der Waals surface area (Å²) in [6, 6.07) is 12.9. The summed E-state index contributed by atoms with van der Waals surface area (Å²) in [5, 5.41) is 37.7. The van der Waals surface area contributed by atoms with Crippen LogP contribution in [0.4, 0.5) is 0 Å². The molecule has 0 fully saturated rings. The highest BCUT2D eigenvalue weighted by atomic mass is 16.4. The summed E-state index contributed by atoms with van der Waals surface area (Å²) in [7, 11) is 0. The second-order valence-corrected chi connectivity index (χ2v) is 5.99. The van der Waals surface area contributed by atoms with Gasteiger partial charge >= 0.3 is 11.9 Å². The molecule has 28 heavy (non-hydrogen) atoms. The molecule has 0 radical (unpaired) electrons. The molecule has 3 aromatic carbocycles. The van der Waals surface area contributed by atoms with Gasteiger partial charge in [0.2, 0.25) is 0 Å². The highest BCUT2D eigenvalue weighted by Gasteiger charge is 2.14. The lowest BCUT2D eigenvalue weighted by Gasteiger charge is -2.10. The van der Waals surface area contributed by atoms with E-state index < -0.39 is 23.4 Å². The number of carbonyl (C=O) groups is 3. The van der Waals surface area contributed by atoms with Crippen LogP contribution in [0.15, 0.2) is 54.6 Å². The predicted molar refractivity (Wildman–Crippen MR) is 99.9 cm³/mol. The molecule has 0 saturated carbocycles. The minimum atomic E-state index is -1.26. The van der Waals surface area contributed by atoms with Gasteiger partial charge < -0.3 is 20.4 Å². The Morgan fingerprint density at radius 3 is 1.64 bits per heavy atom. The maximum Gasteiger partial charge on any atom is 0.339 e. The normalized spacial score (nSPS) is 10.4. The Hall–Kier alpha value is -4.13. The number of hydrogen-bond acceptors (Lipinski definition) is 5. The molecule has 140 valence electrons. The number of carboxylic acid groups (broad SMARTS) is 2. The van der Waals surface area contributed by atoms with Gasteiger partial charge in [-0.25, -0.2) is 9.59 Å².